The molecule has 2 fully saturated rings. The number of nitrogens with zero attached hydrogens (tertiary/aromatic N) is 3. The Morgan fingerprint density at radius 1 is 1.30 bits per heavy atom. The van der Waals surface area contributed by atoms with Crippen molar-refractivity contribution in [1.29, 1.82) is 0 Å². The zero-order valence-electron chi connectivity index (χ0n) is 13.1. The Kier molecular flexibility index (Phi) is 5.41. The first kappa shape index (κ1) is 15.7. The van der Waals surface area contributed by atoms with E-state index in [9.17, 15) is 9.90 Å². The van der Waals surface area contributed by atoms with Gasteiger partial charge in [-0.05, 0) is 46.7 Å². The second-order valence-electron chi connectivity index (χ2n) is 6.56. The van der Waals surface area contributed by atoms with Crippen LogP contribution in [0.3, 0.4) is 0 Å². The number of amides is 1. The summed E-state index contributed by atoms with van der Waals surface area (Å²) in [5, 5.41) is 9.94. The molecule has 0 aromatic rings. The molecule has 5 nitrogen and oxygen atoms in total. The Hall–Kier alpha value is -0.650. The number of carbonyl (C=O) groups excluding carboxylic acids is 1. The van der Waals surface area contributed by atoms with E-state index in [1.54, 1.807) is 0 Å². The van der Waals surface area contributed by atoms with Crippen LogP contribution in [0.1, 0.15) is 32.6 Å². The first-order valence-electron chi connectivity index (χ1n) is 7.86. The normalized spacial score (nSPS) is 29.9. The van der Waals surface area contributed by atoms with Crippen LogP contribution in [-0.4, -0.2) is 84.2 Å². The number of rotatable bonds is 4. The SMILES string of the molecule is CC(C(=O)N1CCCCC1)N1CC(O)CC1CN(C)C. The van der Waals surface area contributed by atoms with Gasteiger partial charge in [-0.2, -0.15) is 0 Å². The molecule has 116 valence electrons. The highest BCUT2D eigenvalue weighted by atomic mass is 16.3. The van der Waals surface area contributed by atoms with Crippen LogP contribution in [0.5, 0.6) is 0 Å². The number of likely N-dealkylation sites (N-methyl/N-ethyl adjacent to an activating group) is 1. The summed E-state index contributed by atoms with van der Waals surface area (Å²) >= 11 is 0. The zero-order chi connectivity index (χ0) is 14.7. The Morgan fingerprint density at radius 2 is 1.95 bits per heavy atom. The van der Waals surface area contributed by atoms with Gasteiger partial charge in [0.2, 0.25) is 5.91 Å². The van der Waals surface area contributed by atoms with Crippen molar-refractivity contribution in [1.82, 2.24) is 14.7 Å². The molecule has 3 atom stereocenters. The van der Waals surface area contributed by atoms with Crippen molar-refractivity contribution in [3.63, 3.8) is 0 Å². The molecule has 3 unspecified atom stereocenters. The number of hydrogen-bond acceptors (Lipinski definition) is 4. The maximum atomic E-state index is 12.6. The minimum Gasteiger partial charge on any atom is -0.392 e. The molecule has 2 aliphatic rings. The van der Waals surface area contributed by atoms with E-state index in [0.29, 0.717) is 6.54 Å². The molecule has 2 heterocycles. The smallest absolute Gasteiger partial charge is 0.239 e. The summed E-state index contributed by atoms with van der Waals surface area (Å²) in [5.41, 5.74) is 0. The molecule has 0 bridgehead atoms. The van der Waals surface area contributed by atoms with Crippen molar-refractivity contribution < 1.29 is 9.90 Å². The summed E-state index contributed by atoms with van der Waals surface area (Å²) < 4.78 is 0. The average Bonchev–Trinajstić information content (AvgIpc) is 2.78. The highest BCUT2D eigenvalue weighted by molar-refractivity contribution is 5.81. The van der Waals surface area contributed by atoms with Crippen LogP contribution < -0.4 is 0 Å². The third-order valence-corrected chi connectivity index (χ3v) is 4.53. The van der Waals surface area contributed by atoms with Gasteiger partial charge in [0.25, 0.3) is 0 Å². The second kappa shape index (κ2) is 6.87. The number of aliphatic hydroxyl groups is 1. The minimum absolute atomic E-state index is 0.116. The standard InChI is InChI=1S/C15H29N3O2/c1-12(15(20)17-7-5-4-6-8-17)18-11-14(19)9-13(18)10-16(2)3/h12-14,19H,4-11H2,1-3H3. The van der Waals surface area contributed by atoms with Crippen LogP contribution in [0, 0.1) is 0 Å². The lowest BCUT2D eigenvalue weighted by Crippen LogP contribution is -2.52. The summed E-state index contributed by atoms with van der Waals surface area (Å²) in [6.07, 6.45) is 3.97. The van der Waals surface area contributed by atoms with Crippen molar-refractivity contribution in [3.8, 4) is 0 Å². The van der Waals surface area contributed by atoms with Gasteiger partial charge in [-0.1, -0.05) is 0 Å². The summed E-state index contributed by atoms with van der Waals surface area (Å²) in [7, 11) is 4.08. The van der Waals surface area contributed by atoms with Gasteiger partial charge in [-0.15, -0.1) is 0 Å². The molecule has 2 aliphatic heterocycles. The van der Waals surface area contributed by atoms with E-state index in [-0.39, 0.29) is 24.1 Å². The molecular formula is C15H29N3O2. The topological polar surface area (TPSA) is 47.0 Å². The molecule has 0 saturated carbocycles. The van der Waals surface area contributed by atoms with Crippen molar-refractivity contribution in [2.75, 3.05) is 40.3 Å². The highest BCUT2D eigenvalue weighted by Gasteiger charge is 2.38. The van der Waals surface area contributed by atoms with Crippen LogP contribution in [-0.2, 0) is 4.79 Å². The summed E-state index contributed by atoms with van der Waals surface area (Å²) in [6.45, 7) is 5.32. The third-order valence-electron chi connectivity index (χ3n) is 4.53. The summed E-state index contributed by atoms with van der Waals surface area (Å²) in [6, 6.07) is 0.166. The fourth-order valence-corrected chi connectivity index (χ4v) is 3.51. The van der Waals surface area contributed by atoms with E-state index in [0.717, 1.165) is 38.9 Å². The number of likely N-dealkylation sites (tertiary alicyclic amines) is 2. The van der Waals surface area contributed by atoms with E-state index in [4.69, 9.17) is 0 Å². The molecule has 1 N–H and O–H groups in total. The molecule has 2 rings (SSSR count). The predicted molar refractivity (Wildman–Crippen MR) is 79.6 cm³/mol. The summed E-state index contributed by atoms with van der Waals surface area (Å²) in [5.74, 6) is 0.238. The van der Waals surface area contributed by atoms with E-state index < -0.39 is 0 Å². The van der Waals surface area contributed by atoms with E-state index >= 15 is 0 Å². The fraction of sp³-hybridized carbons (Fsp3) is 0.933. The number of hydrogen-bond donors (Lipinski definition) is 1. The predicted octanol–water partition coefficient (Wildman–Crippen LogP) is 0.384. The van der Waals surface area contributed by atoms with Crippen LogP contribution in [0.25, 0.3) is 0 Å². The van der Waals surface area contributed by atoms with E-state index in [2.05, 4.69) is 9.80 Å². The maximum Gasteiger partial charge on any atom is 0.239 e. The molecule has 20 heavy (non-hydrogen) atoms. The lowest BCUT2D eigenvalue weighted by atomic mass is 10.1. The molecule has 0 aliphatic carbocycles. The Labute approximate surface area is 122 Å². The molecule has 0 spiro atoms. The molecule has 2 saturated heterocycles. The van der Waals surface area contributed by atoms with Crippen molar-refractivity contribution in [3.05, 3.63) is 0 Å². The monoisotopic (exact) mass is 283 g/mol. The van der Waals surface area contributed by atoms with Gasteiger partial charge >= 0.3 is 0 Å². The largest absolute Gasteiger partial charge is 0.392 e. The van der Waals surface area contributed by atoms with Gasteiger partial charge in [0, 0.05) is 32.2 Å². The average molecular weight is 283 g/mol. The van der Waals surface area contributed by atoms with E-state index in [1.807, 2.05) is 25.9 Å². The van der Waals surface area contributed by atoms with Crippen molar-refractivity contribution in [2.24, 2.45) is 0 Å². The molecule has 0 aromatic carbocycles. The fourth-order valence-electron chi connectivity index (χ4n) is 3.51. The molecular weight excluding hydrogens is 254 g/mol. The van der Waals surface area contributed by atoms with Gasteiger partial charge in [-0.25, -0.2) is 0 Å². The van der Waals surface area contributed by atoms with Gasteiger partial charge in [0.15, 0.2) is 0 Å². The van der Waals surface area contributed by atoms with Crippen molar-refractivity contribution in [2.45, 2.75) is 50.8 Å². The Morgan fingerprint density at radius 3 is 2.55 bits per heavy atom. The van der Waals surface area contributed by atoms with Gasteiger partial charge in [0.05, 0.1) is 12.1 Å². The highest BCUT2D eigenvalue weighted by Crippen LogP contribution is 2.23. The second-order valence-corrected chi connectivity index (χ2v) is 6.56. The third kappa shape index (κ3) is 3.71. The zero-order valence-corrected chi connectivity index (χ0v) is 13.1. The molecule has 5 heteroatoms. The van der Waals surface area contributed by atoms with E-state index in [1.165, 1.54) is 6.42 Å². The number of piperidine rings is 1. The maximum absolute atomic E-state index is 12.6. The van der Waals surface area contributed by atoms with Gasteiger partial charge in [0.1, 0.15) is 0 Å². The van der Waals surface area contributed by atoms with Gasteiger partial charge in [-0.3, -0.25) is 9.69 Å². The lowest BCUT2D eigenvalue weighted by molar-refractivity contribution is -0.137. The van der Waals surface area contributed by atoms with Crippen LogP contribution in [0.2, 0.25) is 0 Å². The molecule has 0 aromatic heterocycles. The number of β-amino-alcohol motifs (C(OH)–C–C–N with tert-alkyl or cyclic N) is 1. The Bertz CT molecular complexity index is 329. The van der Waals surface area contributed by atoms with Gasteiger partial charge < -0.3 is 14.9 Å². The van der Waals surface area contributed by atoms with Crippen LogP contribution >= 0.6 is 0 Å². The lowest BCUT2D eigenvalue weighted by Gasteiger charge is -2.36. The quantitative estimate of drug-likeness (QED) is 0.810. The summed E-state index contributed by atoms with van der Waals surface area (Å²) in [4.78, 5) is 18.9. The Balaban J connectivity index is 1.98. The minimum atomic E-state index is -0.295. The van der Waals surface area contributed by atoms with Crippen LogP contribution in [0.4, 0.5) is 0 Å². The first-order chi connectivity index (χ1) is 9.49. The number of aliphatic hydroxyl groups excluding tert-OH is 1. The molecule has 0 radical (unpaired) electrons. The molecule has 1 amide bonds. The van der Waals surface area contributed by atoms with Crippen molar-refractivity contribution >= 4 is 5.91 Å². The van der Waals surface area contributed by atoms with Crippen LogP contribution in [0.15, 0.2) is 0 Å². The first-order valence-corrected chi connectivity index (χ1v) is 7.86. The number of carbonyl (C=O) groups is 1.